The van der Waals surface area contributed by atoms with E-state index < -0.39 is 11.9 Å². The van der Waals surface area contributed by atoms with E-state index in [1.165, 1.54) is 13.8 Å². The molecule has 16 heavy (non-hydrogen) atoms. The summed E-state index contributed by atoms with van der Waals surface area (Å²) in [5.74, 6) is -2.37. The first-order chi connectivity index (χ1) is 7.29. The highest BCUT2D eigenvalue weighted by Gasteiger charge is 1.76. The van der Waals surface area contributed by atoms with Crippen molar-refractivity contribution >= 4 is 11.9 Å². The number of aliphatic carboxylic acids is 2. The fraction of sp³-hybridized carbons (Fsp3) is 0.400. The summed E-state index contributed by atoms with van der Waals surface area (Å²) in [6.07, 6.45) is 0. The molecule has 0 saturated heterocycles. The lowest BCUT2D eigenvalue weighted by atomic mass is 10.4. The van der Waals surface area contributed by atoms with Crippen molar-refractivity contribution in [2.24, 2.45) is 0 Å². The Morgan fingerprint density at radius 3 is 0.875 bits per heavy atom. The van der Waals surface area contributed by atoms with E-state index in [1.54, 1.807) is 14.1 Å². The first-order valence-electron chi connectivity index (χ1n) is 4.44. The molecule has 0 aliphatic carbocycles. The van der Waals surface area contributed by atoms with Crippen molar-refractivity contribution in [3.63, 3.8) is 0 Å². The molecular weight excluding hydrogens is 212 g/mol. The Morgan fingerprint density at radius 2 is 0.875 bits per heavy atom. The minimum Gasteiger partial charge on any atom is -0.545 e. The van der Waals surface area contributed by atoms with E-state index in [0.29, 0.717) is 0 Å². The van der Waals surface area contributed by atoms with Gasteiger partial charge in [0.25, 0.3) is 0 Å². The summed E-state index contributed by atoms with van der Waals surface area (Å²) >= 11 is 0. The second-order valence-electron chi connectivity index (χ2n) is 2.14. The fourth-order valence-electron chi connectivity index (χ4n) is 0. The van der Waals surface area contributed by atoms with Gasteiger partial charge in [-0.3, -0.25) is 0 Å². The summed E-state index contributed by atoms with van der Waals surface area (Å²) in [4.78, 5) is 19.0. The second kappa shape index (κ2) is 19.0. The average Bonchev–Trinajstić information content (AvgIpc) is 2.24. The summed E-state index contributed by atoms with van der Waals surface area (Å²) in [5.41, 5.74) is 6.63. The minimum atomic E-state index is -1.19. The Bertz CT molecular complexity index is 177. The van der Waals surface area contributed by atoms with Crippen LogP contribution in [0.15, 0.2) is 24.3 Å². The Kier molecular flexibility index (Phi) is 28.3. The van der Waals surface area contributed by atoms with Gasteiger partial charge in [-0.2, -0.15) is 0 Å². The number of rotatable bonds is 2. The Morgan fingerprint density at radius 1 is 0.812 bits per heavy atom. The zero-order valence-corrected chi connectivity index (χ0v) is 10.5. The Labute approximate surface area is 96.3 Å². The molecule has 6 N–H and O–H groups in total. The highest BCUT2D eigenvalue weighted by atomic mass is 16.4. The average molecular weight is 234 g/mol. The molecule has 0 aliphatic heterocycles. The van der Waals surface area contributed by atoms with Crippen molar-refractivity contribution in [1.29, 1.82) is 0 Å². The van der Waals surface area contributed by atoms with Gasteiger partial charge < -0.3 is 31.3 Å². The van der Waals surface area contributed by atoms with Crippen LogP contribution in [0.1, 0.15) is 13.8 Å². The fourth-order valence-corrected chi connectivity index (χ4v) is 0. The molecule has 0 fully saturated rings. The monoisotopic (exact) mass is 234 g/mol. The lowest BCUT2D eigenvalue weighted by molar-refractivity contribution is -0.325. The van der Waals surface area contributed by atoms with E-state index >= 15 is 0 Å². The van der Waals surface area contributed by atoms with Crippen LogP contribution in [0.2, 0.25) is 0 Å². The number of quaternary nitrogens is 2. The van der Waals surface area contributed by atoms with Crippen LogP contribution in [-0.4, -0.2) is 26.0 Å². The molecule has 6 nitrogen and oxygen atoms in total. The van der Waals surface area contributed by atoms with Crippen LogP contribution >= 0.6 is 0 Å². The lowest BCUT2D eigenvalue weighted by Gasteiger charge is -1.93. The van der Waals surface area contributed by atoms with Crippen molar-refractivity contribution in [3.8, 4) is 0 Å². The van der Waals surface area contributed by atoms with Gasteiger partial charge in [-0.1, -0.05) is 13.2 Å². The summed E-state index contributed by atoms with van der Waals surface area (Å²) in [6.45, 7) is 8.95. The molecule has 0 bridgehead atoms. The summed E-state index contributed by atoms with van der Waals surface area (Å²) in [5, 5.41) is 19.0. The standard InChI is InChI=1S/2C4H6O2.2CH5N/c2*1-3(2)4(5)6;2*1-2/h2*1H2,2H3,(H,5,6);2*2H2,1H3. The van der Waals surface area contributed by atoms with Crippen molar-refractivity contribution in [3.05, 3.63) is 24.3 Å². The molecule has 0 atom stereocenters. The van der Waals surface area contributed by atoms with Crippen LogP contribution < -0.4 is 21.7 Å². The van der Waals surface area contributed by atoms with Crippen molar-refractivity contribution in [2.75, 3.05) is 14.1 Å². The van der Waals surface area contributed by atoms with Gasteiger partial charge in [0, 0.05) is 0 Å². The molecule has 0 aromatic heterocycles. The predicted molar refractivity (Wildman–Crippen MR) is 57.3 cm³/mol. The van der Waals surface area contributed by atoms with Crippen LogP contribution in [0.3, 0.4) is 0 Å². The molecule has 0 aliphatic rings. The highest BCUT2D eigenvalue weighted by molar-refractivity contribution is 5.83. The molecule has 0 spiro atoms. The van der Waals surface area contributed by atoms with E-state index in [4.69, 9.17) is 0 Å². The molecular formula is C10H22N2O4. The van der Waals surface area contributed by atoms with Gasteiger partial charge in [-0.15, -0.1) is 0 Å². The van der Waals surface area contributed by atoms with Gasteiger partial charge >= 0.3 is 0 Å². The van der Waals surface area contributed by atoms with E-state index in [9.17, 15) is 19.8 Å². The number of hydrogen-bond donors (Lipinski definition) is 2. The van der Waals surface area contributed by atoms with Gasteiger partial charge in [-0.05, 0) is 25.0 Å². The van der Waals surface area contributed by atoms with Crippen LogP contribution in [0.4, 0.5) is 0 Å². The Hall–Kier alpha value is -1.66. The molecule has 96 valence electrons. The number of carbonyl (C=O) groups excluding carboxylic acids is 2. The third-order valence-corrected chi connectivity index (χ3v) is 0.697. The quantitative estimate of drug-likeness (QED) is 0.476. The van der Waals surface area contributed by atoms with Gasteiger partial charge in [0.1, 0.15) is 0 Å². The van der Waals surface area contributed by atoms with Crippen molar-refractivity contribution in [2.45, 2.75) is 13.8 Å². The maximum absolute atomic E-state index is 9.49. The predicted octanol–water partition coefficient (Wildman–Crippen LogP) is -3.66. The first kappa shape index (κ1) is 23.9. The molecule has 0 rings (SSSR count). The second-order valence-corrected chi connectivity index (χ2v) is 2.14. The van der Waals surface area contributed by atoms with Crippen LogP contribution in [-0.2, 0) is 9.59 Å². The zero-order valence-electron chi connectivity index (χ0n) is 10.5. The van der Waals surface area contributed by atoms with Crippen LogP contribution in [0.25, 0.3) is 0 Å². The topological polar surface area (TPSA) is 136 Å². The van der Waals surface area contributed by atoms with E-state index in [2.05, 4.69) is 24.6 Å². The van der Waals surface area contributed by atoms with Gasteiger partial charge in [0.2, 0.25) is 0 Å². The molecule has 0 radical (unpaired) electrons. The minimum absolute atomic E-state index is 0.0648. The van der Waals surface area contributed by atoms with Crippen LogP contribution in [0, 0.1) is 0 Å². The lowest BCUT2D eigenvalue weighted by Crippen LogP contribution is -2.40. The molecule has 0 aromatic rings. The van der Waals surface area contributed by atoms with Crippen molar-refractivity contribution in [1.82, 2.24) is 0 Å². The third-order valence-electron chi connectivity index (χ3n) is 0.697. The molecule has 0 unspecified atom stereocenters. The number of hydrogen-bond acceptors (Lipinski definition) is 4. The molecule has 0 heterocycles. The van der Waals surface area contributed by atoms with Gasteiger partial charge in [0.15, 0.2) is 0 Å². The number of carboxylic acid groups (broad SMARTS) is 2. The van der Waals surface area contributed by atoms with Crippen LogP contribution in [0.5, 0.6) is 0 Å². The van der Waals surface area contributed by atoms with E-state index in [-0.39, 0.29) is 11.1 Å². The van der Waals surface area contributed by atoms with E-state index in [0.717, 1.165) is 0 Å². The molecule has 6 heteroatoms. The normalized spacial score (nSPS) is 6.38. The zero-order chi connectivity index (χ0) is 14.3. The third kappa shape index (κ3) is 39.5. The van der Waals surface area contributed by atoms with Gasteiger partial charge in [0.05, 0.1) is 26.0 Å². The maximum atomic E-state index is 9.49. The number of carboxylic acids is 2. The first-order valence-corrected chi connectivity index (χ1v) is 4.44. The number of carbonyl (C=O) groups is 2. The van der Waals surface area contributed by atoms with Crippen molar-refractivity contribution < 1.29 is 31.3 Å². The molecule has 0 amide bonds. The highest BCUT2D eigenvalue weighted by Crippen LogP contribution is 1.77. The molecule has 0 aromatic carbocycles. The smallest absolute Gasteiger partial charge is 0.0666 e. The summed E-state index contributed by atoms with van der Waals surface area (Å²) in [7, 11) is 3.50. The molecule has 0 saturated carbocycles. The van der Waals surface area contributed by atoms with E-state index in [1.807, 2.05) is 0 Å². The maximum Gasteiger partial charge on any atom is 0.0666 e. The largest absolute Gasteiger partial charge is 0.545 e. The summed E-state index contributed by atoms with van der Waals surface area (Å²) in [6, 6.07) is 0. The summed E-state index contributed by atoms with van der Waals surface area (Å²) < 4.78 is 0. The van der Waals surface area contributed by atoms with Gasteiger partial charge in [-0.25, -0.2) is 0 Å². The SMILES string of the molecule is C=C(C)C(=O)[O-].C=C(C)C(=O)[O-].C[NH3+].C[NH3+]. The Balaban J connectivity index is -0.0000000686.